The molecule has 1 aromatic carbocycles. The molecule has 1 fully saturated rings. The zero-order chi connectivity index (χ0) is 14.6. The Balaban J connectivity index is 1.80. The second-order valence-electron chi connectivity index (χ2n) is 4.98. The predicted octanol–water partition coefficient (Wildman–Crippen LogP) is 3.18. The number of anilines is 1. The molecular formula is C14H17F3N2O. The van der Waals surface area contributed by atoms with E-state index in [0.29, 0.717) is 5.69 Å². The summed E-state index contributed by atoms with van der Waals surface area (Å²) >= 11 is 0. The largest absolute Gasteiger partial charge is 0.416 e. The van der Waals surface area contributed by atoms with E-state index in [1.165, 1.54) is 12.1 Å². The number of hydrogen-bond acceptors (Lipinski definition) is 2. The second kappa shape index (κ2) is 6.15. The Labute approximate surface area is 115 Å². The molecule has 0 saturated heterocycles. The van der Waals surface area contributed by atoms with Gasteiger partial charge in [-0.1, -0.05) is 12.8 Å². The van der Waals surface area contributed by atoms with Crippen molar-refractivity contribution in [2.45, 2.75) is 37.9 Å². The zero-order valence-corrected chi connectivity index (χ0v) is 11.0. The van der Waals surface area contributed by atoms with Gasteiger partial charge >= 0.3 is 6.18 Å². The summed E-state index contributed by atoms with van der Waals surface area (Å²) in [7, 11) is 0. The Bertz CT molecular complexity index is 450. The van der Waals surface area contributed by atoms with Crippen molar-refractivity contribution < 1.29 is 18.0 Å². The molecule has 1 aliphatic rings. The molecule has 110 valence electrons. The van der Waals surface area contributed by atoms with Gasteiger partial charge in [-0.2, -0.15) is 13.2 Å². The van der Waals surface area contributed by atoms with Gasteiger partial charge in [-0.05, 0) is 37.1 Å². The monoisotopic (exact) mass is 286 g/mol. The van der Waals surface area contributed by atoms with Crippen molar-refractivity contribution in [3.05, 3.63) is 29.8 Å². The lowest BCUT2D eigenvalue weighted by molar-refractivity contribution is -0.137. The van der Waals surface area contributed by atoms with Crippen molar-refractivity contribution in [1.82, 2.24) is 5.32 Å². The Hall–Kier alpha value is -1.72. The van der Waals surface area contributed by atoms with Crippen molar-refractivity contribution in [3.63, 3.8) is 0 Å². The van der Waals surface area contributed by atoms with E-state index in [0.717, 1.165) is 37.8 Å². The molecule has 3 nitrogen and oxygen atoms in total. The number of hydrogen-bond donors (Lipinski definition) is 2. The molecule has 2 rings (SSSR count). The maximum absolute atomic E-state index is 12.4. The summed E-state index contributed by atoms with van der Waals surface area (Å²) < 4.78 is 37.1. The van der Waals surface area contributed by atoms with Gasteiger partial charge in [0.2, 0.25) is 5.91 Å². The minimum atomic E-state index is -4.33. The third-order valence-corrected chi connectivity index (χ3v) is 3.39. The zero-order valence-electron chi connectivity index (χ0n) is 11.0. The topological polar surface area (TPSA) is 41.1 Å². The van der Waals surface area contributed by atoms with Crippen molar-refractivity contribution in [2.24, 2.45) is 0 Å². The van der Waals surface area contributed by atoms with Crippen LogP contribution in [0.25, 0.3) is 0 Å². The van der Waals surface area contributed by atoms with E-state index < -0.39 is 11.7 Å². The molecule has 0 radical (unpaired) electrons. The molecule has 0 aliphatic heterocycles. The Morgan fingerprint density at radius 2 is 1.75 bits per heavy atom. The van der Waals surface area contributed by atoms with Crippen molar-refractivity contribution >= 4 is 11.6 Å². The highest BCUT2D eigenvalue weighted by atomic mass is 19.4. The molecule has 20 heavy (non-hydrogen) atoms. The van der Waals surface area contributed by atoms with Crippen LogP contribution in [-0.2, 0) is 11.0 Å². The van der Waals surface area contributed by atoms with Crippen LogP contribution in [0, 0.1) is 0 Å². The lowest BCUT2D eigenvalue weighted by Gasteiger charge is -2.13. The number of benzene rings is 1. The maximum Gasteiger partial charge on any atom is 0.416 e. The van der Waals surface area contributed by atoms with Crippen LogP contribution in [-0.4, -0.2) is 18.5 Å². The van der Waals surface area contributed by atoms with E-state index >= 15 is 0 Å². The van der Waals surface area contributed by atoms with E-state index in [4.69, 9.17) is 0 Å². The van der Waals surface area contributed by atoms with Gasteiger partial charge in [0, 0.05) is 11.7 Å². The average Bonchev–Trinajstić information content (AvgIpc) is 2.88. The van der Waals surface area contributed by atoms with Crippen molar-refractivity contribution in [3.8, 4) is 0 Å². The summed E-state index contributed by atoms with van der Waals surface area (Å²) in [6.45, 7) is 0.0713. The summed E-state index contributed by atoms with van der Waals surface area (Å²) in [5.74, 6) is -0.128. The van der Waals surface area contributed by atoms with Crippen LogP contribution in [0.3, 0.4) is 0 Å². The van der Waals surface area contributed by atoms with Crippen LogP contribution >= 0.6 is 0 Å². The van der Waals surface area contributed by atoms with Crippen molar-refractivity contribution in [1.29, 1.82) is 0 Å². The molecule has 0 unspecified atom stereocenters. The van der Waals surface area contributed by atoms with E-state index in [1.54, 1.807) is 0 Å². The summed E-state index contributed by atoms with van der Waals surface area (Å²) in [6.07, 6.45) is -0.0506. The molecule has 0 spiro atoms. The number of rotatable bonds is 4. The number of halogens is 3. The van der Waals surface area contributed by atoms with Gasteiger partial charge in [0.15, 0.2) is 0 Å². The lowest BCUT2D eigenvalue weighted by Crippen LogP contribution is -2.36. The quantitative estimate of drug-likeness (QED) is 0.892. The minimum absolute atomic E-state index is 0.0713. The summed E-state index contributed by atoms with van der Waals surface area (Å²) in [6, 6.07) is 4.89. The normalized spacial score (nSPS) is 16.1. The third-order valence-electron chi connectivity index (χ3n) is 3.39. The van der Waals surface area contributed by atoms with E-state index in [1.807, 2.05) is 0 Å². The smallest absolute Gasteiger partial charge is 0.376 e. The second-order valence-corrected chi connectivity index (χ2v) is 4.98. The van der Waals surface area contributed by atoms with Gasteiger partial charge in [0.05, 0.1) is 12.1 Å². The molecule has 0 bridgehead atoms. The average molecular weight is 286 g/mol. The molecule has 2 N–H and O–H groups in total. The lowest BCUT2D eigenvalue weighted by atomic mass is 10.2. The molecule has 1 aromatic rings. The van der Waals surface area contributed by atoms with Crippen LogP contribution in [0.15, 0.2) is 24.3 Å². The van der Waals surface area contributed by atoms with Crippen molar-refractivity contribution in [2.75, 3.05) is 11.9 Å². The van der Waals surface area contributed by atoms with E-state index in [9.17, 15) is 18.0 Å². The number of carbonyl (C=O) groups is 1. The van der Waals surface area contributed by atoms with Gasteiger partial charge in [-0.25, -0.2) is 0 Å². The van der Waals surface area contributed by atoms with E-state index in [2.05, 4.69) is 10.6 Å². The number of alkyl halides is 3. The van der Waals surface area contributed by atoms with Crippen LogP contribution in [0.2, 0.25) is 0 Å². The predicted molar refractivity (Wildman–Crippen MR) is 70.3 cm³/mol. The highest BCUT2D eigenvalue weighted by molar-refractivity contribution is 5.81. The molecule has 1 aliphatic carbocycles. The molecule has 0 heterocycles. The summed E-state index contributed by atoms with van der Waals surface area (Å²) in [5.41, 5.74) is -0.196. The molecule has 1 saturated carbocycles. The van der Waals surface area contributed by atoms with Gasteiger partial charge in [0.25, 0.3) is 0 Å². The van der Waals surface area contributed by atoms with Crippen LogP contribution in [0.4, 0.5) is 18.9 Å². The third kappa shape index (κ3) is 4.15. The SMILES string of the molecule is O=C(CNc1ccc(C(F)(F)F)cc1)NC1CCCC1. The number of carbonyl (C=O) groups excluding carboxylic acids is 1. The molecule has 6 heteroatoms. The highest BCUT2D eigenvalue weighted by Crippen LogP contribution is 2.29. The molecule has 0 atom stereocenters. The van der Waals surface area contributed by atoms with Gasteiger partial charge < -0.3 is 10.6 Å². The Kier molecular flexibility index (Phi) is 4.52. The number of nitrogens with one attached hydrogen (secondary N) is 2. The van der Waals surface area contributed by atoms with Crippen LogP contribution in [0.5, 0.6) is 0 Å². The fourth-order valence-corrected chi connectivity index (χ4v) is 2.31. The first-order valence-corrected chi connectivity index (χ1v) is 6.65. The molecule has 1 amide bonds. The van der Waals surface area contributed by atoms with Crippen LogP contribution in [0.1, 0.15) is 31.2 Å². The fourth-order valence-electron chi connectivity index (χ4n) is 2.31. The Morgan fingerprint density at radius 1 is 1.15 bits per heavy atom. The first-order chi connectivity index (χ1) is 9.45. The fraction of sp³-hybridized carbons (Fsp3) is 0.500. The van der Waals surface area contributed by atoms with Gasteiger partial charge in [-0.15, -0.1) is 0 Å². The van der Waals surface area contributed by atoms with E-state index in [-0.39, 0.29) is 18.5 Å². The minimum Gasteiger partial charge on any atom is -0.376 e. The first-order valence-electron chi connectivity index (χ1n) is 6.65. The standard InChI is InChI=1S/C14H17F3N2O/c15-14(16,17)10-5-7-11(8-6-10)18-9-13(20)19-12-3-1-2-4-12/h5-8,12,18H,1-4,9H2,(H,19,20). The van der Waals surface area contributed by atoms with Gasteiger partial charge in [-0.3, -0.25) is 4.79 Å². The first kappa shape index (κ1) is 14.7. The summed E-state index contributed by atoms with van der Waals surface area (Å²) in [4.78, 5) is 11.6. The van der Waals surface area contributed by atoms with Crippen LogP contribution < -0.4 is 10.6 Å². The maximum atomic E-state index is 12.4. The Morgan fingerprint density at radius 3 is 2.30 bits per heavy atom. The molecular weight excluding hydrogens is 269 g/mol. The number of amides is 1. The highest BCUT2D eigenvalue weighted by Gasteiger charge is 2.29. The molecule has 0 aromatic heterocycles. The summed E-state index contributed by atoms with van der Waals surface area (Å²) in [5, 5.41) is 5.72. The van der Waals surface area contributed by atoms with Gasteiger partial charge in [0.1, 0.15) is 0 Å².